The van der Waals surface area contributed by atoms with Gasteiger partial charge in [0.1, 0.15) is 0 Å². The molecule has 62 valence electrons. The molecule has 0 saturated heterocycles. The van der Waals surface area contributed by atoms with Crippen molar-refractivity contribution in [3.8, 4) is 0 Å². The van der Waals surface area contributed by atoms with Crippen LogP contribution in [0.15, 0.2) is 0 Å². The van der Waals surface area contributed by atoms with E-state index in [4.69, 9.17) is 15.3 Å². The lowest BCUT2D eigenvalue weighted by Crippen LogP contribution is -2.29. The SMILES string of the molecule is OCCNCC(CO)CO. The van der Waals surface area contributed by atoms with Crippen LogP contribution in [0.3, 0.4) is 0 Å². The number of aliphatic hydroxyl groups is 3. The van der Waals surface area contributed by atoms with Crippen LogP contribution in [-0.4, -0.2) is 48.2 Å². The van der Waals surface area contributed by atoms with E-state index in [-0.39, 0.29) is 25.7 Å². The summed E-state index contributed by atoms with van der Waals surface area (Å²) in [5.74, 6) is -0.105. The van der Waals surface area contributed by atoms with Crippen LogP contribution in [0.25, 0.3) is 0 Å². The topological polar surface area (TPSA) is 72.7 Å². The fourth-order valence-corrected chi connectivity index (χ4v) is 0.572. The molecule has 4 nitrogen and oxygen atoms in total. The van der Waals surface area contributed by atoms with Crippen LogP contribution in [0.5, 0.6) is 0 Å². The quantitative estimate of drug-likeness (QED) is 0.335. The third kappa shape index (κ3) is 4.69. The predicted octanol–water partition coefficient (Wildman–Crippen LogP) is -1.83. The highest BCUT2D eigenvalue weighted by atomic mass is 16.3. The molecule has 0 aromatic carbocycles. The Morgan fingerprint density at radius 3 is 2.10 bits per heavy atom. The lowest BCUT2D eigenvalue weighted by molar-refractivity contribution is 0.146. The minimum absolute atomic E-state index is 0.0189. The summed E-state index contributed by atoms with van der Waals surface area (Å²) in [6.45, 7) is 1.11. The van der Waals surface area contributed by atoms with E-state index < -0.39 is 0 Å². The highest BCUT2D eigenvalue weighted by Gasteiger charge is 2.02. The van der Waals surface area contributed by atoms with Gasteiger partial charge in [-0.05, 0) is 0 Å². The zero-order chi connectivity index (χ0) is 7.82. The van der Waals surface area contributed by atoms with Gasteiger partial charge in [0, 0.05) is 32.2 Å². The van der Waals surface area contributed by atoms with Gasteiger partial charge < -0.3 is 20.6 Å². The lowest BCUT2D eigenvalue weighted by Gasteiger charge is -2.10. The zero-order valence-electron chi connectivity index (χ0n) is 5.95. The Balaban J connectivity index is 3.09. The van der Waals surface area contributed by atoms with E-state index in [1.165, 1.54) is 0 Å². The largest absolute Gasteiger partial charge is 0.396 e. The Morgan fingerprint density at radius 1 is 1.10 bits per heavy atom. The van der Waals surface area contributed by atoms with Crippen molar-refractivity contribution >= 4 is 0 Å². The van der Waals surface area contributed by atoms with Crippen molar-refractivity contribution < 1.29 is 15.3 Å². The molecule has 0 spiro atoms. The summed E-state index contributed by atoms with van der Waals surface area (Å²) in [7, 11) is 0. The number of rotatable bonds is 6. The molecule has 0 unspecified atom stereocenters. The molecule has 0 saturated carbocycles. The number of hydrogen-bond acceptors (Lipinski definition) is 4. The van der Waals surface area contributed by atoms with Crippen LogP contribution < -0.4 is 5.32 Å². The van der Waals surface area contributed by atoms with Gasteiger partial charge in [-0.2, -0.15) is 0 Å². The summed E-state index contributed by atoms with van der Waals surface area (Å²) in [4.78, 5) is 0. The number of aliphatic hydroxyl groups excluding tert-OH is 3. The summed E-state index contributed by atoms with van der Waals surface area (Å²) in [6, 6.07) is 0. The van der Waals surface area contributed by atoms with Crippen LogP contribution in [0, 0.1) is 5.92 Å². The predicted molar refractivity (Wildman–Crippen MR) is 37.6 cm³/mol. The van der Waals surface area contributed by atoms with E-state index in [0.717, 1.165) is 0 Å². The standard InChI is InChI=1S/C6H15NO3/c8-2-1-7-3-6(4-9)5-10/h6-10H,1-5H2. The van der Waals surface area contributed by atoms with E-state index in [2.05, 4.69) is 5.32 Å². The molecule has 0 radical (unpaired) electrons. The number of hydrogen-bond donors (Lipinski definition) is 4. The average Bonchev–Trinajstić information content (AvgIpc) is 1.99. The van der Waals surface area contributed by atoms with Gasteiger partial charge in [0.2, 0.25) is 0 Å². The Kier molecular flexibility index (Phi) is 6.84. The van der Waals surface area contributed by atoms with Crippen molar-refractivity contribution in [3.05, 3.63) is 0 Å². The normalized spacial score (nSPS) is 10.8. The fraction of sp³-hybridized carbons (Fsp3) is 1.00. The molecule has 0 heterocycles. The molecule has 0 atom stereocenters. The molecule has 0 aliphatic carbocycles. The van der Waals surface area contributed by atoms with Crippen LogP contribution in [0.1, 0.15) is 0 Å². The van der Waals surface area contributed by atoms with E-state index in [9.17, 15) is 0 Å². The molecule has 0 fully saturated rings. The Morgan fingerprint density at radius 2 is 1.70 bits per heavy atom. The Labute approximate surface area is 60.5 Å². The minimum Gasteiger partial charge on any atom is -0.396 e. The number of nitrogens with one attached hydrogen (secondary N) is 1. The first kappa shape index (κ1) is 9.84. The molecule has 4 heteroatoms. The van der Waals surface area contributed by atoms with Gasteiger partial charge in [0.05, 0.1) is 6.61 Å². The Bertz CT molecular complexity index is 66.0. The molecule has 0 bridgehead atoms. The van der Waals surface area contributed by atoms with Crippen molar-refractivity contribution in [2.75, 3.05) is 32.9 Å². The smallest absolute Gasteiger partial charge is 0.0555 e. The summed E-state index contributed by atoms with van der Waals surface area (Å²) < 4.78 is 0. The Hall–Kier alpha value is -0.160. The van der Waals surface area contributed by atoms with Crippen molar-refractivity contribution in [1.29, 1.82) is 0 Å². The molecular formula is C6H15NO3. The third-order valence-electron chi connectivity index (χ3n) is 1.24. The van der Waals surface area contributed by atoms with Gasteiger partial charge in [0.15, 0.2) is 0 Å². The fourth-order valence-electron chi connectivity index (χ4n) is 0.572. The lowest BCUT2D eigenvalue weighted by atomic mass is 10.2. The second-order valence-corrected chi connectivity index (χ2v) is 2.16. The van der Waals surface area contributed by atoms with Crippen molar-refractivity contribution in [1.82, 2.24) is 5.32 Å². The zero-order valence-corrected chi connectivity index (χ0v) is 5.95. The summed E-state index contributed by atoms with van der Waals surface area (Å²) >= 11 is 0. The van der Waals surface area contributed by atoms with Crippen LogP contribution in [-0.2, 0) is 0 Å². The van der Waals surface area contributed by atoms with Gasteiger partial charge in [-0.3, -0.25) is 0 Å². The second-order valence-electron chi connectivity index (χ2n) is 2.16. The van der Waals surface area contributed by atoms with Crippen molar-refractivity contribution in [3.63, 3.8) is 0 Å². The van der Waals surface area contributed by atoms with Crippen LogP contribution in [0.4, 0.5) is 0 Å². The van der Waals surface area contributed by atoms with Crippen LogP contribution >= 0.6 is 0 Å². The first-order valence-corrected chi connectivity index (χ1v) is 3.38. The van der Waals surface area contributed by atoms with Crippen molar-refractivity contribution in [2.24, 2.45) is 5.92 Å². The molecule has 0 rings (SSSR count). The molecule has 0 aliphatic rings. The molecular weight excluding hydrogens is 134 g/mol. The van der Waals surface area contributed by atoms with E-state index >= 15 is 0 Å². The summed E-state index contributed by atoms with van der Waals surface area (Å²) in [5, 5.41) is 28.3. The van der Waals surface area contributed by atoms with Crippen molar-refractivity contribution in [2.45, 2.75) is 0 Å². The highest BCUT2D eigenvalue weighted by Crippen LogP contribution is 1.88. The van der Waals surface area contributed by atoms with Gasteiger partial charge in [-0.25, -0.2) is 0 Å². The first-order chi connectivity index (χ1) is 4.85. The molecule has 0 aliphatic heterocycles. The van der Waals surface area contributed by atoms with E-state index in [1.807, 2.05) is 0 Å². The minimum atomic E-state index is -0.105. The van der Waals surface area contributed by atoms with Gasteiger partial charge >= 0.3 is 0 Å². The first-order valence-electron chi connectivity index (χ1n) is 3.38. The second kappa shape index (κ2) is 6.95. The molecule has 0 aromatic rings. The highest BCUT2D eigenvalue weighted by molar-refractivity contribution is 4.58. The molecule has 0 aromatic heterocycles. The monoisotopic (exact) mass is 149 g/mol. The van der Waals surface area contributed by atoms with Gasteiger partial charge in [-0.1, -0.05) is 0 Å². The molecule has 0 amide bonds. The van der Waals surface area contributed by atoms with E-state index in [0.29, 0.717) is 13.1 Å². The third-order valence-corrected chi connectivity index (χ3v) is 1.24. The maximum atomic E-state index is 8.56. The summed E-state index contributed by atoms with van der Waals surface area (Å²) in [6.07, 6.45) is 0. The van der Waals surface area contributed by atoms with Gasteiger partial charge in [0.25, 0.3) is 0 Å². The van der Waals surface area contributed by atoms with Gasteiger partial charge in [-0.15, -0.1) is 0 Å². The maximum absolute atomic E-state index is 8.56. The maximum Gasteiger partial charge on any atom is 0.0555 e. The van der Waals surface area contributed by atoms with Crippen LogP contribution in [0.2, 0.25) is 0 Å². The average molecular weight is 149 g/mol. The summed E-state index contributed by atoms with van der Waals surface area (Å²) in [5.41, 5.74) is 0. The molecule has 4 N–H and O–H groups in total. The van der Waals surface area contributed by atoms with E-state index in [1.54, 1.807) is 0 Å². The molecule has 10 heavy (non-hydrogen) atoms.